The summed E-state index contributed by atoms with van der Waals surface area (Å²) >= 11 is 0. The average molecular weight is 267 g/mol. The van der Waals surface area contributed by atoms with Crippen LogP contribution in [0.5, 0.6) is 5.88 Å². The van der Waals surface area contributed by atoms with Gasteiger partial charge in [0.15, 0.2) is 0 Å². The van der Waals surface area contributed by atoms with Crippen LogP contribution in [0.25, 0.3) is 0 Å². The zero-order valence-corrected chi connectivity index (χ0v) is 12.5. The summed E-state index contributed by atoms with van der Waals surface area (Å²) in [4.78, 5) is 16.1. The highest BCUT2D eigenvalue weighted by Crippen LogP contribution is 2.18. The summed E-state index contributed by atoms with van der Waals surface area (Å²) in [6.07, 6.45) is 3.60. The minimum Gasteiger partial charge on any atom is -0.516 e. The second-order valence-electron chi connectivity index (χ2n) is 5.06. The number of unbranched alkanes of at least 4 members (excludes halogenated alkanes) is 1. The molecular formula is C13H21NO3Si. The Kier molecular flexibility index (Phi) is 5.34. The van der Waals surface area contributed by atoms with Crippen molar-refractivity contribution in [3.63, 3.8) is 0 Å². The lowest BCUT2D eigenvalue weighted by Crippen LogP contribution is -2.29. The van der Waals surface area contributed by atoms with Crippen LogP contribution < -0.4 is 4.74 Å². The first kappa shape index (κ1) is 14.7. The summed E-state index contributed by atoms with van der Waals surface area (Å²) in [5.41, 5.74) is 0.413. The third kappa shape index (κ3) is 4.87. The number of hydrogen-bond donors (Lipinski definition) is 0. The molecule has 0 saturated heterocycles. The Morgan fingerprint density at radius 1 is 1.39 bits per heavy atom. The number of aromatic nitrogens is 1. The molecule has 1 rings (SSSR count). The molecule has 0 aromatic carbocycles. The molecule has 0 atom stereocenters. The lowest BCUT2D eigenvalue weighted by Gasteiger charge is -2.18. The Balaban J connectivity index is 2.78. The van der Waals surface area contributed by atoms with Crippen molar-refractivity contribution < 1.29 is 14.0 Å². The number of carbonyl (C=O) groups is 1. The minimum atomic E-state index is -1.90. The van der Waals surface area contributed by atoms with Crippen molar-refractivity contribution in [3.05, 3.63) is 23.9 Å². The number of nitrogens with zero attached hydrogens (tertiary/aromatic N) is 1. The largest absolute Gasteiger partial charge is 0.516 e. The Morgan fingerprint density at radius 2 is 2.11 bits per heavy atom. The normalized spacial score (nSPS) is 11.1. The van der Waals surface area contributed by atoms with Gasteiger partial charge < -0.3 is 9.16 Å². The maximum Gasteiger partial charge on any atom is 0.330 e. The summed E-state index contributed by atoms with van der Waals surface area (Å²) in [5.74, 6) is 0.0305. The summed E-state index contributed by atoms with van der Waals surface area (Å²) in [6, 6.07) is 3.41. The number of pyridine rings is 1. The van der Waals surface area contributed by atoms with Crippen LogP contribution in [0.1, 0.15) is 30.1 Å². The second-order valence-corrected chi connectivity index (χ2v) is 9.49. The molecule has 1 heterocycles. The standard InChI is InChI=1S/C13H21NO3Si/c1-5-6-10-16-12-11(8-7-9-14-12)13(15)17-18(2,3)4/h7-9H,5-6,10H2,1-4H3. The number of carbonyl (C=O) groups excluding carboxylic acids is 1. The molecule has 5 heteroatoms. The topological polar surface area (TPSA) is 48.4 Å². The third-order valence-corrected chi connectivity index (χ3v) is 2.92. The maximum absolute atomic E-state index is 12.0. The van der Waals surface area contributed by atoms with Crippen molar-refractivity contribution in [2.75, 3.05) is 6.61 Å². The van der Waals surface area contributed by atoms with Crippen molar-refractivity contribution in [1.29, 1.82) is 0 Å². The van der Waals surface area contributed by atoms with Gasteiger partial charge in [-0.25, -0.2) is 9.78 Å². The van der Waals surface area contributed by atoms with Crippen molar-refractivity contribution >= 4 is 14.3 Å². The van der Waals surface area contributed by atoms with Crippen LogP contribution in [0, 0.1) is 0 Å². The van der Waals surface area contributed by atoms with Gasteiger partial charge in [0.25, 0.3) is 0 Å². The molecule has 18 heavy (non-hydrogen) atoms. The molecule has 0 spiro atoms. The van der Waals surface area contributed by atoms with Crippen molar-refractivity contribution in [3.8, 4) is 5.88 Å². The van der Waals surface area contributed by atoms with E-state index in [2.05, 4.69) is 11.9 Å². The van der Waals surface area contributed by atoms with Gasteiger partial charge in [-0.15, -0.1) is 0 Å². The highest BCUT2D eigenvalue weighted by molar-refractivity contribution is 6.71. The predicted octanol–water partition coefficient (Wildman–Crippen LogP) is 3.25. The molecule has 100 valence electrons. The van der Waals surface area contributed by atoms with Crippen LogP contribution in [0.3, 0.4) is 0 Å². The van der Waals surface area contributed by atoms with Gasteiger partial charge in [0, 0.05) is 6.20 Å². The van der Waals surface area contributed by atoms with Gasteiger partial charge in [-0.2, -0.15) is 0 Å². The molecule has 1 aromatic heterocycles. The minimum absolute atomic E-state index is 0.339. The molecule has 0 amide bonds. The van der Waals surface area contributed by atoms with Crippen molar-refractivity contribution in [2.45, 2.75) is 39.4 Å². The molecule has 0 fully saturated rings. The van der Waals surface area contributed by atoms with E-state index in [0.717, 1.165) is 12.8 Å². The molecule has 0 bridgehead atoms. The molecule has 0 saturated carbocycles. The molecule has 4 nitrogen and oxygen atoms in total. The van der Waals surface area contributed by atoms with Gasteiger partial charge in [-0.05, 0) is 38.2 Å². The number of ether oxygens (including phenoxy) is 1. The Morgan fingerprint density at radius 3 is 2.72 bits per heavy atom. The lowest BCUT2D eigenvalue weighted by molar-refractivity contribution is 0.0719. The molecule has 1 aromatic rings. The van der Waals surface area contributed by atoms with Gasteiger partial charge in [-0.3, -0.25) is 0 Å². The smallest absolute Gasteiger partial charge is 0.330 e. The van der Waals surface area contributed by atoms with E-state index >= 15 is 0 Å². The first-order chi connectivity index (χ1) is 8.44. The van der Waals surface area contributed by atoms with Gasteiger partial charge in [0.2, 0.25) is 14.2 Å². The highest BCUT2D eigenvalue weighted by Gasteiger charge is 2.23. The van der Waals surface area contributed by atoms with Crippen LogP contribution in [0.15, 0.2) is 18.3 Å². The molecule has 0 unspecified atom stereocenters. The van der Waals surface area contributed by atoms with E-state index in [-0.39, 0.29) is 5.97 Å². The molecule has 0 N–H and O–H groups in total. The first-order valence-corrected chi connectivity index (χ1v) is 9.66. The molecule has 0 aliphatic rings. The van der Waals surface area contributed by atoms with Crippen LogP contribution >= 0.6 is 0 Å². The Labute approximate surface area is 109 Å². The van der Waals surface area contributed by atoms with Crippen LogP contribution in [-0.4, -0.2) is 25.9 Å². The van der Waals surface area contributed by atoms with Crippen LogP contribution in [-0.2, 0) is 4.43 Å². The quantitative estimate of drug-likeness (QED) is 0.586. The summed E-state index contributed by atoms with van der Waals surface area (Å²) in [6.45, 7) is 8.57. The zero-order valence-electron chi connectivity index (χ0n) is 11.5. The van der Waals surface area contributed by atoms with E-state index in [1.165, 1.54) is 0 Å². The second kappa shape index (κ2) is 6.54. The van der Waals surface area contributed by atoms with Crippen molar-refractivity contribution in [1.82, 2.24) is 4.98 Å². The monoisotopic (exact) mass is 267 g/mol. The third-order valence-electron chi connectivity index (χ3n) is 2.13. The van der Waals surface area contributed by atoms with Gasteiger partial charge >= 0.3 is 5.97 Å². The average Bonchev–Trinajstić information content (AvgIpc) is 2.27. The van der Waals surface area contributed by atoms with E-state index in [1.54, 1.807) is 18.3 Å². The van der Waals surface area contributed by atoms with Crippen molar-refractivity contribution in [2.24, 2.45) is 0 Å². The maximum atomic E-state index is 12.0. The zero-order chi connectivity index (χ0) is 13.6. The lowest BCUT2D eigenvalue weighted by atomic mass is 10.3. The molecule has 0 aliphatic carbocycles. The summed E-state index contributed by atoms with van der Waals surface area (Å²) in [7, 11) is -1.90. The molecule has 0 aliphatic heterocycles. The van der Waals surface area contributed by atoms with Gasteiger partial charge in [-0.1, -0.05) is 13.3 Å². The molecule has 0 radical (unpaired) electrons. The van der Waals surface area contributed by atoms with Crippen LogP contribution in [0.4, 0.5) is 0 Å². The van der Waals surface area contributed by atoms with E-state index in [1.807, 2.05) is 19.6 Å². The number of hydrogen-bond acceptors (Lipinski definition) is 4. The Bertz CT molecular complexity index is 401. The van der Waals surface area contributed by atoms with E-state index in [9.17, 15) is 4.79 Å². The van der Waals surface area contributed by atoms with E-state index < -0.39 is 8.32 Å². The SMILES string of the molecule is CCCCOc1ncccc1C(=O)O[Si](C)(C)C. The highest BCUT2D eigenvalue weighted by atomic mass is 28.4. The Hall–Kier alpha value is -1.36. The number of rotatable bonds is 6. The van der Waals surface area contributed by atoms with Crippen LogP contribution in [0.2, 0.25) is 19.6 Å². The first-order valence-electron chi connectivity index (χ1n) is 6.25. The van der Waals surface area contributed by atoms with Gasteiger partial charge in [0.05, 0.1) is 6.61 Å². The fourth-order valence-electron chi connectivity index (χ4n) is 1.31. The summed E-state index contributed by atoms with van der Waals surface area (Å²) in [5, 5.41) is 0. The van der Waals surface area contributed by atoms with Gasteiger partial charge in [0.1, 0.15) is 5.56 Å². The molecular weight excluding hydrogens is 246 g/mol. The summed E-state index contributed by atoms with van der Waals surface area (Å²) < 4.78 is 11.0. The predicted molar refractivity (Wildman–Crippen MR) is 73.4 cm³/mol. The van der Waals surface area contributed by atoms with E-state index in [4.69, 9.17) is 9.16 Å². The van der Waals surface area contributed by atoms with E-state index in [0.29, 0.717) is 18.1 Å². The fraction of sp³-hybridized carbons (Fsp3) is 0.538. The fourth-order valence-corrected chi connectivity index (χ4v) is 1.97.